The summed E-state index contributed by atoms with van der Waals surface area (Å²) in [6.45, 7) is 1.96. The maximum Gasteiger partial charge on any atom is 0.231 e. The van der Waals surface area contributed by atoms with Crippen molar-refractivity contribution in [1.82, 2.24) is 0 Å². The Balaban J connectivity index is 2.14. The summed E-state index contributed by atoms with van der Waals surface area (Å²) in [6, 6.07) is 15.8. The average molecular weight is 317 g/mol. The Labute approximate surface area is 131 Å². The quantitative estimate of drug-likeness (QED) is 0.921. The molecule has 4 nitrogen and oxygen atoms in total. The molecule has 0 saturated carbocycles. The van der Waals surface area contributed by atoms with Crippen molar-refractivity contribution in [3.05, 3.63) is 60.2 Å². The van der Waals surface area contributed by atoms with Crippen LogP contribution in [0.5, 0.6) is 0 Å². The van der Waals surface area contributed by atoms with Gasteiger partial charge in [0, 0.05) is 11.9 Å². The van der Waals surface area contributed by atoms with E-state index in [9.17, 15) is 13.2 Å². The van der Waals surface area contributed by atoms with Crippen LogP contribution in [0.2, 0.25) is 0 Å². The predicted octanol–water partition coefficient (Wildman–Crippen LogP) is 3.22. The highest BCUT2D eigenvalue weighted by molar-refractivity contribution is 7.90. The Kier molecular flexibility index (Phi) is 4.98. The van der Waals surface area contributed by atoms with Crippen LogP contribution in [0.4, 0.5) is 5.69 Å². The monoisotopic (exact) mass is 317 g/mol. The molecule has 2 aromatic carbocycles. The van der Waals surface area contributed by atoms with Crippen LogP contribution in [0.15, 0.2) is 59.5 Å². The minimum atomic E-state index is -3.22. The van der Waals surface area contributed by atoms with E-state index in [4.69, 9.17) is 0 Å². The minimum Gasteiger partial charge on any atom is -0.326 e. The molecule has 2 rings (SSSR count). The van der Waals surface area contributed by atoms with Gasteiger partial charge in [-0.25, -0.2) is 8.42 Å². The van der Waals surface area contributed by atoms with Crippen molar-refractivity contribution < 1.29 is 13.2 Å². The predicted molar refractivity (Wildman–Crippen MR) is 87.7 cm³/mol. The fourth-order valence-electron chi connectivity index (χ4n) is 2.27. The third kappa shape index (κ3) is 3.95. The Morgan fingerprint density at radius 3 is 2.14 bits per heavy atom. The van der Waals surface area contributed by atoms with Gasteiger partial charge in [-0.15, -0.1) is 0 Å². The fourth-order valence-corrected chi connectivity index (χ4v) is 2.90. The number of amides is 1. The number of carbonyl (C=O) groups is 1. The second-order valence-electron chi connectivity index (χ2n) is 5.16. The molecule has 0 radical (unpaired) electrons. The number of rotatable bonds is 5. The van der Waals surface area contributed by atoms with E-state index in [-0.39, 0.29) is 16.7 Å². The molecule has 0 aromatic heterocycles. The largest absolute Gasteiger partial charge is 0.326 e. The van der Waals surface area contributed by atoms with Crippen LogP contribution in [0.1, 0.15) is 24.8 Å². The summed E-state index contributed by atoms with van der Waals surface area (Å²) in [5.41, 5.74) is 1.56. The van der Waals surface area contributed by atoms with Crippen molar-refractivity contribution in [2.45, 2.75) is 24.2 Å². The summed E-state index contributed by atoms with van der Waals surface area (Å²) in [6.07, 6.45) is 1.85. The van der Waals surface area contributed by atoms with E-state index >= 15 is 0 Å². The Morgan fingerprint density at radius 1 is 1.05 bits per heavy atom. The zero-order valence-electron chi connectivity index (χ0n) is 12.6. The van der Waals surface area contributed by atoms with Gasteiger partial charge in [-0.3, -0.25) is 4.79 Å². The minimum absolute atomic E-state index is 0.0965. The maximum absolute atomic E-state index is 12.4. The summed E-state index contributed by atoms with van der Waals surface area (Å²) in [5.74, 6) is -0.323. The standard InChI is InChI=1S/C17H19NO3S/c1-3-16(13-7-5-4-6-8-13)17(19)18-14-9-11-15(12-10-14)22(2,20)21/h4-12,16H,3H2,1-2H3,(H,18,19)/t16-/m1/s1. The Bertz CT molecular complexity index is 737. The van der Waals surface area contributed by atoms with Gasteiger partial charge in [0.1, 0.15) is 0 Å². The van der Waals surface area contributed by atoms with Crippen LogP contribution in [-0.4, -0.2) is 20.6 Å². The van der Waals surface area contributed by atoms with Gasteiger partial charge >= 0.3 is 0 Å². The fraction of sp³-hybridized carbons (Fsp3) is 0.235. The van der Waals surface area contributed by atoms with Crippen LogP contribution in [0.3, 0.4) is 0 Å². The summed E-state index contributed by atoms with van der Waals surface area (Å²) >= 11 is 0. The Hall–Kier alpha value is -2.14. The highest BCUT2D eigenvalue weighted by Gasteiger charge is 2.18. The lowest BCUT2D eigenvalue weighted by Gasteiger charge is -2.15. The number of hydrogen-bond donors (Lipinski definition) is 1. The molecule has 0 bridgehead atoms. The molecule has 0 unspecified atom stereocenters. The number of hydrogen-bond acceptors (Lipinski definition) is 3. The molecule has 0 aliphatic heterocycles. The normalized spacial score (nSPS) is 12.6. The van der Waals surface area contributed by atoms with Crippen LogP contribution >= 0.6 is 0 Å². The SMILES string of the molecule is CC[C@@H](C(=O)Nc1ccc(S(C)(=O)=O)cc1)c1ccccc1. The van der Waals surface area contributed by atoms with E-state index in [0.717, 1.165) is 11.8 Å². The molecule has 0 fully saturated rings. The molecular weight excluding hydrogens is 298 g/mol. The van der Waals surface area contributed by atoms with Crippen LogP contribution < -0.4 is 5.32 Å². The first kappa shape index (κ1) is 16.2. The molecule has 1 N–H and O–H groups in total. The number of nitrogens with one attached hydrogen (secondary N) is 1. The summed E-state index contributed by atoms with van der Waals surface area (Å²) in [5, 5.41) is 2.84. The van der Waals surface area contributed by atoms with Gasteiger partial charge in [-0.05, 0) is 36.2 Å². The lowest BCUT2D eigenvalue weighted by atomic mass is 9.95. The summed E-state index contributed by atoms with van der Waals surface area (Å²) in [4.78, 5) is 12.6. The van der Waals surface area contributed by atoms with Crippen molar-refractivity contribution in [2.75, 3.05) is 11.6 Å². The molecular formula is C17H19NO3S. The third-order valence-electron chi connectivity index (χ3n) is 3.48. The molecule has 0 heterocycles. The molecule has 1 amide bonds. The van der Waals surface area contributed by atoms with E-state index in [0.29, 0.717) is 12.1 Å². The summed E-state index contributed by atoms with van der Waals surface area (Å²) in [7, 11) is -3.22. The van der Waals surface area contributed by atoms with Gasteiger partial charge in [0.15, 0.2) is 9.84 Å². The van der Waals surface area contributed by atoms with Gasteiger partial charge in [-0.2, -0.15) is 0 Å². The van der Waals surface area contributed by atoms with E-state index in [2.05, 4.69) is 5.32 Å². The smallest absolute Gasteiger partial charge is 0.231 e. The van der Waals surface area contributed by atoms with Crippen molar-refractivity contribution in [3.8, 4) is 0 Å². The maximum atomic E-state index is 12.4. The topological polar surface area (TPSA) is 63.2 Å². The van der Waals surface area contributed by atoms with E-state index in [1.54, 1.807) is 12.1 Å². The zero-order valence-corrected chi connectivity index (χ0v) is 13.4. The number of carbonyl (C=O) groups excluding carboxylic acids is 1. The molecule has 2 aromatic rings. The number of benzene rings is 2. The molecule has 5 heteroatoms. The lowest BCUT2D eigenvalue weighted by Crippen LogP contribution is -2.20. The molecule has 0 spiro atoms. The first-order valence-electron chi connectivity index (χ1n) is 7.07. The second-order valence-corrected chi connectivity index (χ2v) is 7.17. The highest BCUT2D eigenvalue weighted by Crippen LogP contribution is 2.22. The third-order valence-corrected chi connectivity index (χ3v) is 4.61. The van der Waals surface area contributed by atoms with Gasteiger partial charge in [0.05, 0.1) is 10.8 Å². The van der Waals surface area contributed by atoms with Gasteiger partial charge in [0.25, 0.3) is 0 Å². The van der Waals surface area contributed by atoms with Gasteiger partial charge in [0.2, 0.25) is 5.91 Å². The number of anilines is 1. The van der Waals surface area contributed by atoms with E-state index < -0.39 is 9.84 Å². The number of sulfone groups is 1. The molecule has 0 aliphatic carbocycles. The van der Waals surface area contributed by atoms with Crippen LogP contribution in [0, 0.1) is 0 Å². The first-order chi connectivity index (χ1) is 10.4. The van der Waals surface area contributed by atoms with Crippen molar-refractivity contribution >= 4 is 21.4 Å². The molecule has 1 atom stereocenters. The van der Waals surface area contributed by atoms with E-state index in [1.807, 2.05) is 37.3 Å². The lowest BCUT2D eigenvalue weighted by molar-refractivity contribution is -0.117. The van der Waals surface area contributed by atoms with Gasteiger partial charge in [-0.1, -0.05) is 37.3 Å². The zero-order chi connectivity index (χ0) is 16.2. The average Bonchev–Trinajstić information content (AvgIpc) is 2.48. The van der Waals surface area contributed by atoms with Gasteiger partial charge < -0.3 is 5.32 Å². The molecule has 0 saturated heterocycles. The molecule has 0 aliphatic rings. The summed E-state index contributed by atoms with van der Waals surface area (Å²) < 4.78 is 22.8. The van der Waals surface area contributed by atoms with Crippen molar-refractivity contribution in [1.29, 1.82) is 0 Å². The van der Waals surface area contributed by atoms with Crippen molar-refractivity contribution in [2.24, 2.45) is 0 Å². The van der Waals surface area contributed by atoms with Crippen LogP contribution in [0.25, 0.3) is 0 Å². The molecule has 116 valence electrons. The first-order valence-corrected chi connectivity index (χ1v) is 8.97. The molecule has 22 heavy (non-hydrogen) atoms. The van der Waals surface area contributed by atoms with Crippen molar-refractivity contribution in [3.63, 3.8) is 0 Å². The Morgan fingerprint density at radius 2 is 1.64 bits per heavy atom. The van der Waals surface area contributed by atoms with Crippen LogP contribution in [-0.2, 0) is 14.6 Å². The second kappa shape index (κ2) is 6.75. The van der Waals surface area contributed by atoms with E-state index in [1.165, 1.54) is 12.1 Å². The highest BCUT2D eigenvalue weighted by atomic mass is 32.2.